The highest BCUT2D eigenvalue weighted by Gasteiger charge is 2.19. The van der Waals surface area contributed by atoms with Gasteiger partial charge in [-0.25, -0.2) is 0 Å². The number of hydrogen-bond donors (Lipinski definition) is 1. The van der Waals surface area contributed by atoms with Crippen LogP contribution in [0.3, 0.4) is 0 Å². The molecular weight excluding hydrogens is 400 g/mol. The van der Waals surface area contributed by atoms with Crippen LogP contribution >= 0.6 is 0 Å². The van der Waals surface area contributed by atoms with E-state index in [0.717, 1.165) is 22.8 Å². The number of aromatic nitrogens is 5. The Morgan fingerprint density at radius 2 is 1.77 bits per heavy atom. The molecule has 0 radical (unpaired) electrons. The Bertz CT molecular complexity index is 1170. The average Bonchev–Trinajstić information content (AvgIpc) is 3.36. The molecule has 2 heterocycles. The molecule has 0 aliphatic heterocycles. The summed E-state index contributed by atoms with van der Waals surface area (Å²) >= 11 is 0. The van der Waals surface area contributed by atoms with Crippen LogP contribution in [0.2, 0.25) is 0 Å². The van der Waals surface area contributed by atoms with Crippen molar-refractivity contribution in [3.05, 3.63) is 77.1 Å². The Kier molecular flexibility index (Phi) is 5.61. The lowest BCUT2D eigenvalue weighted by Crippen LogP contribution is -2.14. The molecule has 4 rings (SSSR count). The Morgan fingerprint density at radius 3 is 2.45 bits per heavy atom. The molecule has 4 aromatic rings. The van der Waals surface area contributed by atoms with Gasteiger partial charge in [0.25, 0.3) is 0 Å². The third kappa shape index (κ3) is 4.86. The van der Waals surface area contributed by atoms with E-state index in [1.807, 2.05) is 67.7 Å². The average molecular weight is 420 g/mol. The molecule has 0 unspecified atom stereocenters. The van der Waals surface area contributed by atoms with Crippen molar-refractivity contribution in [3.8, 4) is 28.8 Å². The maximum atomic E-state index is 10.8. The van der Waals surface area contributed by atoms with Crippen LogP contribution < -0.4 is 4.74 Å². The van der Waals surface area contributed by atoms with Gasteiger partial charge in [-0.2, -0.15) is 0 Å². The first kappa shape index (κ1) is 20.1. The smallest absolute Gasteiger partial charge is 0.411 e. The van der Waals surface area contributed by atoms with E-state index in [2.05, 4.69) is 15.3 Å². The van der Waals surface area contributed by atoms with E-state index >= 15 is 0 Å². The number of benzene rings is 2. The fourth-order valence-electron chi connectivity index (χ4n) is 3.17. The zero-order chi connectivity index (χ0) is 21.8. The van der Waals surface area contributed by atoms with Gasteiger partial charge in [-0.15, -0.1) is 5.10 Å². The molecule has 1 atom stereocenters. The van der Waals surface area contributed by atoms with Crippen molar-refractivity contribution in [1.29, 1.82) is 0 Å². The van der Waals surface area contributed by atoms with Crippen LogP contribution in [0.1, 0.15) is 6.92 Å². The molecule has 0 saturated heterocycles. The largest absolute Gasteiger partial charge is 0.461 e. The molecule has 0 saturated carbocycles. The quantitative estimate of drug-likeness (QED) is 0.339. The fourth-order valence-corrected chi connectivity index (χ4v) is 3.17. The van der Waals surface area contributed by atoms with Gasteiger partial charge < -0.3 is 20.0 Å². The van der Waals surface area contributed by atoms with E-state index in [0.29, 0.717) is 13.1 Å². The maximum Gasteiger partial charge on any atom is 0.411 e. The van der Waals surface area contributed by atoms with E-state index in [4.69, 9.17) is 4.74 Å². The lowest BCUT2D eigenvalue weighted by atomic mass is 10.1. The first-order valence-corrected chi connectivity index (χ1v) is 9.62. The normalized spacial score (nSPS) is 11.9. The number of imidazole rings is 1. The molecule has 0 aliphatic rings. The highest BCUT2D eigenvalue weighted by molar-refractivity contribution is 5.58. The van der Waals surface area contributed by atoms with Crippen molar-refractivity contribution in [2.75, 3.05) is 0 Å². The summed E-state index contributed by atoms with van der Waals surface area (Å²) in [6.45, 7) is 2.82. The summed E-state index contributed by atoms with van der Waals surface area (Å²) in [6.07, 6.45) is 3.05. The van der Waals surface area contributed by atoms with Gasteiger partial charge in [0, 0.05) is 23.6 Å². The van der Waals surface area contributed by atoms with Gasteiger partial charge in [-0.05, 0) is 47.2 Å². The van der Waals surface area contributed by atoms with Crippen molar-refractivity contribution >= 4 is 5.82 Å². The van der Waals surface area contributed by atoms with Crippen LogP contribution in [0.15, 0.2) is 67.0 Å². The van der Waals surface area contributed by atoms with E-state index in [1.54, 1.807) is 4.68 Å². The highest BCUT2D eigenvalue weighted by Crippen LogP contribution is 2.25. The van der Waals surface area contributed by atoms with Crippen molar-refractivity contribution in [2.24, 2.45) is 5.92 Å². The Hall–Kier alpha value is -4.21. The maximum absolute atomic E-state index is 10.8. The number of nitrogens with zero attached hydrogens (tertiary/aromatic N) is 6. The van der Waals surface area contributed by atoms with Gasteiger partial charge >= 0.3 is 11.8 Å². The summed E-state index contributed by atoms with van der Waals surface area (Å²) in [5.74, 6) is 1.14. The molecule has 2 aromatic carbocycles. The SMILES string of the molecule is C[C@H](Cn1cc(-c2ccc(Oc3ccccc3)cc2)nn1)Cn1cc([N+](=O)[O-])nc1O. The molecule has 1 N–H and O–H groups in total. The Morgan fingerprint density at radius 1 is 1.06 bits per heavy atom. The molecular formula is C21H20N6O4. The van der Waals surface area contributed by atoms with Gasteiger partial charge in [0.1, 0.15) is 23.4 Å². The second kappa shape index (κ2) is 8.66. The van der Waals surface area contributed by atoms with E-state index in [9.17, 15) is 15.2 Å². The number of hydrogen-bond acceptors (Lipinski definition) is 7. The van der Waals surface area contributed by atoms with Crippen LogP contribution in [0, 0.1) is 16.0 Å². The van der Waals surface area contributed by atoms with Crippen LogP contribution in [0.4, 0.5) is 5.82 Å². The van der Waals surface area contributed by atoms with Gasteiger partial charge in [0.15, 0.2) is 0 Å². The topological polar surface area (TPSA) is 121 Å². The fraction of sp³-hybridized carbons (Fsp3) is 0.190. The van der Waals surface area contributed by atoms with Crippen LogP contribution in [0.5, 0.6) is 17.5 Å². The van der Waals surface area contributed by atoms with E-state index in [-0.39, 0.29) is 17.7 Å². The predicted molar refractivity (Wildman–Crippen MR) is 112 cm³/mol. The summed E-state index contributed by atoms with van der Waals surface area (Å²) in [4.78, 5) is 13.7. The highest BCUT2D eigenvalue weighted by atomic mass is 16.6. The molecule has 2 aromatic heterocycles. The monoisotopic (exact) mass is 420 g/mol. The second-order valence-electron chi connectivity index (χ2n) is 7.18. The third-order valence-corrected chi connectivity index (χ3v) is 4.60. The number of ether oxygens (including phenoxy) is 1. The summed E-state index contributed by atoms with van der Waals surface area (Å²) < 4.78 is 8.86. The summed E-state index contributed by atoms with van der Waals surface area (Å²) in [7, 11) is 0. The number of nitro groups is 1. The summed E-state index contributed by atoms with van der Waals surface area (Å²) in [6, 6.07) is 16.7. The number of rotatable bonds is 8. The van der Waals surface area contributed by atoms with Gasteiger partial charge in [-0.3, -0.25) is 9.25 Å². The Labute approximate surface area is 177 Å². The zero-order valence-electron chi connectivity index (χ0n) is 16.7. The molecule has 158 valence electrons. The minimum atomic E-state index is -0.638. The van der Waals surface area contributed by atoms with Crippen molar-refractivity contribution < 1.29 is 14.8 Å². The van der Waals surface area contributed by atoms with E-state index < -0.39 is 4.92 Å². The summed E-state index contributed by atoms with van der Waals surface area (Å²) in [5, 5.41) is 28.9. The number of aromatic hydroxyl groups is 1. The van der Waals surface area contributed by atoms with Crippen LogP contribution in [-0.4, -0.2) is 34.6 Å². The minimum absolute atomic E-state index is 0.0240. The van der Waals surface area contributed by atoms with Gasteiger partial charge in [0.05, 0.1) is 6.20 Å². The van der Waals surface area contributed by atoms with Crippen LogP contribution in [0.25, 0.3) is 11.3 Å². The molecule has 0 spiro atoms. The van der Waals surface area contributed by atoms with Crippen LogP contribution in [-0.2, 0) is 13.1 Å². The third-order valence-electron chi connectivity index (χ3n) is 4.60. The van der Waals surface area contributed by atoms with E-state index in [1.165, 1.54) is 10.8 Å². The first-order valence-electron chi connectivity index (χ1n) is 9.62. The predicted octanol–water partition coefficient (Wildman–Crippen LogP) is 3.88. The van der Waals surface area contributed by atoms with Crippen molar-refractivity contribution in [1.82, 2.24) is 24.5 Å². The van der Waals surface area contributed by atoms with Crippen molar-refractivity contribution in [2.45, 2.75) is 20.0 Å². The molecule has 10 nitrogen and oxygen atoms in total. The molecule has 10 heteroatoms. The van der Waals surface area contributed by atoms with Crippen molar-refractivity contribution in [3.63, 3.8) is 0 Å². The first-order chi connectivity index (χ1) is 15.0. The lowest BCUT2D eigenvalue weighted by Gasteiger charge is -2.10. The molecule has 0 aliphatic carbocycles. The summed E-state index contributed by atoms with van der Waals surface area (Å²) in [5.41, 5.74) is 1.63. The molecule has 0 bridgehead atoms. The minimum Gasteiger partial charge on any atom is -0.461 e. The van der Waals surface area contributed by atoms with Gasteiger partial charge in [0.2, 0.25) is 0 Å². The molecule has 0 amide bonds. The molecule has 31 heavy (non-hydrogen) atoms. The standard InChI is InChI=1S/C21H20N6O4/c1-15(11-25-14-20(27(29)30)22-21(25)28)12-26-13-19(23-24-26)16-7-9-18(10-8-16)31-17-5-3-2-4-6-17/h2-10,13-15H,11-12H2,1H3,(H,22,28)/t15-/m0/s1. The second-order valence-corrected chi connectivity index (χ2v) is 7.18. The molecule has 0 fully saturated rings. The number of para-hydroxylation sites is 1. The van der Waals surface area contributed by atoms with Gasteiger partial charge in [-0.1, -0.05) is 30.3 Å². The lowest BCUT2D eigenvalue weighted by molar-refractivity contribution is -0.389. The Balaban J connectivity index is 1.38. The zero-order valence-corrected chi connectivity index (χ0v) is 16.7.